The average molecular weight is 523 g/mol. The lowest BCUT2D eigenvalue weighted by Crippen LogP contribution is -2.31. The summed E-state index contributed by atoms with van der Waals surface area (Å²) in [4.78, 5) is 23.9. The molecule has 2 saturated carbocycles. The van der Waals surface area contributed by atoms with E-state index in [1.807, 2.05) is 66.7 Å². The van der Waals surface area contributed by atoms with E-state index in [0.717, 1.165) is 59.4 Å². The largest absolute Gasteiger partial charge is 0.428 e. The van der Waals surface area contributed by atoms with Crippen LogP contribution in [-0.2, 0) is 0 Å². The minimum atomic E-state index is -0.234. The molecule has 0 atom stereocenters. The zero-order chi connectivity index (χ0) is 27.0. The Morgan fingerprint density at radius 1 is 0.590 bits per heavy atom. The topological polar surface area (TPSA) is 78.2 Å². The number of aromatic nitrogens is 1. The van der Waals surface area contributed by atoms with Crippen molar-refractivity contribution in [2.75, 3.05) is 5.84 Å². The summed E-state index contributed by atoms with van der Waals surface area (Å²) in [6, 6.07) is 27.4. The third kappa shape index (κ3) is 6.78. The van der Waals surface area contributed by atoms with E-state index < -0.39 is 0 Å². The molecule has 2 aromatic carbocycles. The first-order valence-corrected chi connectivity index (χ1v) is 14.4. The maximum absolute atomic E-state index is 12.1. The Bertz CT molecular complexity index is 1460. The van der Waals surface area contributed by atoms with Crippen LogP contribution in [0.3, 0.4) is 0 Å². The van der Waals surface area contributed by atoms with Crippen molar-refractivity contribution in [3.63, 3.8) is 0 Å². The van der Waals surface area contributed by atoms with E-state index >= 15 is 0 Å². The average Bonchev–Trinajstić information content (AvgIpc) is 3.00. The second-order valence-electron chi connectivity index (χ2n) is 10.8. The monoisotopic (exact) mass is 522 g/mol. The van der Waals surface area contributed by atoms with Crippen LogP contribution in [0, 0.1) is 0 Å². The van der Waals surface area contributed by atoms with Gasteiger partial charge in [0.2, 0.25) is 0 Å². The van der Waals surface area contributed by atoms with Gasteiger partial charge in [-0.25, -0.2) is 9.47 Å². The summed E-state index contributed by atoms with van der Waals surface area (Å²) in [5.74, 6) is 7.67. The number of hydrogen-bond acceptors (Lipinski definition) is 4. The second-order valence-corrected chi connectivity index (χ2v) is 10.8. The van der Waals surface area contributed by atoms with Crippen molar-refractivity contribution in [1.82, 2.24) is 4.68 Å². The highest BCUT2D eigenvalue weighted by Crippen LogP contribution is 2.34. The number of benzene rings is 2. The minimum Gasteiger partial charge on any atom is -0.428 e. The molecule has 0 spiro atoms. The van der Waals surface area contributed by atoms with Crippen molar-refractivity contribution >= 4 is 0 Å². The van der Waals surface area contributed by atoms with E-state index in [1.54, 1.807) is 12.1 Å². The summed E-state index contributed by atoms with van der Waals surface area (Å²) in [6.45, 7) is 0. The molecule has 0 unspecified atom stereocenters. The molecular formula is C34H38N2O3. The molecule has 2 fully saturated rings. The van der Waals surface area contributed by atoms with Crippen LogP contribution in [0.1, 0.15) is 87.5 Å². The molecule has 0 saturated heterocycles. The van der Waals surface area contributed by atoms with Crippen LogP contribution in [0.4, 0.5) is 0 Å². The lowest BCUT2D eigenvalue weighted by Gasteiger charge is -2.24. The summed E-state index contributed by atoms with van der Waals surface area (Å²) < 4.78 is 6.76. The zero-order valence-electron chi connectivity index (χ0n) is 22.6. The Balaban J connectivity index is 0.000000158. The van der Waals surface area contributed by atoms with Crippen molar-refractivity contribution in [3.8, 4) is 22.3 Å². The van der Waals surface area contributed by atoms with E-state index in [9.17, 15) is 9.59 Å². The molecule has 2 aliphatic rings. The number of pyridine rings is 1. The van der Waals surface area contributed by atoms with Gasteiger partial charge in [0, 0.05) is 29.7 Å². The first-order valence-electron chi connectivity index (χ1n) is 14.4. The molecule has 5 heteroatoms. The van der Waals surface area contributed by atoms with Crippen LogP contribution < -0.4 is 17.0 Å². The quantitative estimate of drug-likeness (QED) is 0.280. The Morgan fingerprint density at radius 2 is 1.10 bits per heavy atom. The van der Waals surface area contributed by atoms with Gasteiger partial charge in [-0.15, -0.1) is 0 Å². The van der Waals surface area contributed by atoms with Crippen molar-refractivity contribution in [3.05, 3.63) is 117 Å². The number of rotatable bonds is 4. The van der Waals surface area contributed by atoms with Gasteiger partial charge >= 0.3 is 5.63 Å². The van der Waals surface area contributed by atoms with Crippen molar-refractivity contribution in [2.24, 2.45) is 0 Å². The summed E-state index contributed by atoms with van der Waals surface area (Å²) in [5, 5.41) is 0. The lowest BCUT2D eigenvalue weighted by atomic mass is 9.86. The number of hydrogen-bond donors (Lipinski definition) is 1. The fourth-order valence-electron chi connectivity index (χ4n) is 5.99. The van der Waals surface area contributed by atoms with Crippen molar-refractivity contribution < 1.29 is 4.42 Å². The predicted octanol–water partition coefficient (Wildman–Crippen LogP) is 7.63. The molecule has 2 N–H and O–H groups in total. The molecule has 0 aliphatic heterocycles. The third-order valence-corrected chi connectivity index (χ3v) is 8.13. The van der Waals surface area contributed by atoms with Crippen LogP contribution in [0.5, 0.6) is 0 Å². The van der Waals surface area contributed by atoms with Crippen LogP contribution in [-0.4, -0.2) is 4.68 Å². The molecule has 202 valence electrons. The van der Waals surface area contributed by atoms with E-state index in [4.69, 9.17) is 10.3 Å². The highest BCUT2D eigenvalue weighted by Gasteiger charge is 2.20. The predicted molar refractivity (Wildman–Crippen MR) is 158 cm³/mol. The highest BCUT2D eigenvalue weighted by molar-refractivity contribution is 5.64. The van der Waals surface area contributed by atoms with Gasteiger partial charge in [-0.05, 0) is 60.1 Å². The maximum atomic E-state index is 12.1. The van der Waals surface area contributed by atoms with E-state index in [2.05, 4.69) is 6.07 Å². The van der Waals surface area contributed by atoms with Gasteiger partial charge in [0.05, 0.1) is 0 Å². The molecular weight excluding hydrogens is 484 g/mol. The van der Waals surface area contributed by atoms with Crippen molar-refractivity contribution in [2.45, 2.75) is 76.0 Å². The van der Waals surface area contributed by atoms with Crippen LogP contribution in [0.25, 0.3) is 22.3 Å². The lowest BCUT2D eigenvalue weighted by molar-refractivity contribution is 0.355. The summed E-state index contributed by atoms with van der Waals surface area (Å²) in [7, 11) is 0. The van der Waals surface area contributed by atoms with Gasteiger partial charge in [0.1, 0.15) is 5.76 Å². The van der Waals surface area contributed by atoms with Gasteiger partial charge in [0.25, 0.3) is 5.56 Å². The summed E-state index contributed by atoms with van der Waals surface area (Å²) in [5.41, 5.74) is 4.72. The fraction of sp³-hybridized carbons (Fsp3) is 0.353. The van der Waals surface area contributed by atoms with Gasteiger partial charge in [-0.2, -0.15) is 0 Å². The molecule has 2 heterocycles. The number of nitrogens with zero attached hydrogens (tertiary/aromatic N) is 1. The van der Waals surface area contributed by atoms with Gasteiger partial charge in [0.15, 0.2) is 0 Å². The van der Waals surface area contributed by atoms with Crippen LogP contribution in [0.15, 0.2) is 98.9 Å². The van der Waals surface area contributed by atoms with Crippen molar-refractivity contribution in [1.29, 1.82) is 0 Å². The number of nitrogens with two attached hydrogens (primary N) is 1. The Kier molecular flexibility index (Phi) is 8.77. The smallest absolute Gasteiger partial charge is 0.336 e. The minimum absolute atomic E-state index is 0.119. The SMILES string of the molecule is Nn1c(C2CCCCC2)cc(-c2ccccc2)cc1=O.O=c1cc(-c2ccccc2)cc(C2CCCCC2)o1. The standard InChI is InChI=1S/C17H20N2O.C17H18O2/c18-19-16(14-9-5-2-6-10-14)11-15(12-17(19)20)13-7-3-1-4-8-13;18-17-12-15(13-7-3-1-4-8-13)11-16(19-17)14-9-5-2-6-10-14/h1,3-4,7-8,11-12,14H,2,5-6,9-10,18H2;1,3-4,7-8,11-12,14H,2,5-6,9-10H2. The second kappa shape index (κ2) is 12.8. The number of nitrogen functional groups attached to an aromatic ring is 1. The molecule has 5 nitrogen and oxygen atoms in total. The normalized spacial score (nSPS) is 16.3. The first-order chi connectivity index (χ1) is 19.1. The molecule has 6 rings (SSSR count). The molecule has 39 heavy (non-hydrogen) atoms. The Labute approximate surface area is 230 Å². The van der Waals surface area contributed by atoms with Crippen LogP contribution in [0.2, 0.25) is 0 Å². The first kappa shape index (κ1) is 26.7. The Hall–Kier alpha value is -3.86. The van der Waals surface area contributed by atoms with E-state index in [-0.39, 0.29) is 11.2 Å². The molecule has 4 aromatic rings. The Morgan fingerprint density at radius 3 is 1.67 bits per heavy atom. The van der Waals surface area contributed by atoms with E-state index in [1.165, 1.54) is 43.2 Å². The fourth-order valence-corrected chi connectivity index (χ4v) is 5.99. The molecule has 2 aromatic heterocycles. The van der Waals surface area contributed by atoms with Gasteiger partial charge < -0.3 is 10.3 Å². The summed E-state index contributed by atoms with van der Waals surface area (Å²) >= 11 is 0. The third-order valence-electron chi connectivity index (χ3n) is 8.13. The molecule has 2 aliphatic carbocycles. The van der Waals surface area contributed by atoms with Gasteiger partial charge in [-0.3, -0.25) is 4.79 Å². The van der Waals surface area contributed by atoms with E-state index in [0.29, 0.717) is 11.8 Å². The summed E-state index contributed by atoms with van der Waals surface area (Å²) in [6.07, 6.45) is 12.1. The molecule has 0 bridgehead atoms. The van der Waals surface area contributed by atoms with Crippen LogP contribution >= 0.6 is 0 Å². The molecule has 0 amide bonds. The highest BCUT2D eigenvalue weighted by atomic mass is 16.4. The molecule has 0 radical (unpaired) electrons. The van der Waals surface area contributed by atoms with Gasteiger partial charge in [-0.1, -0.05) is 99.2 Å². The zero-order valence-corrected chi connectivity index (χ0v) is 22.6. The maximum Gasteiger partial charge on any atom is 0.336 e.